The fourth-order valence-electron chi connectivity index (χ4n) is 1.85. The van der Waals surface area contributed by atoms with Crippen molar-refractivity contribution >= 4 is 22.0 Å². The van der Waals surface area contributed by atoms with Crippen molar-refractivity contribution in [3.8, 4) is 11.4 Å². The maximum absolute atomic E-state index is 6.05. The van der Waals surface area contributed by atoms with Gasteiger partial charge in [0.25, 0.3) is 0 Å². The van der Waals surface area contributed by atoms with Crippen LogP contribution in [0.2, 0.25) is 0 Å². The normalized spacial score (nSPS) is 11.2. The first-order valence-corrected chi connectivity index (χ1v) is 6.00. The van der Waals surface area contributed by atoms with Crippen LogP contribution >= 0.6 is 11.3 Å². The van der Waals surface area contributed by atoms with Crippen molar-refractivity contribution in [2.45, 2.75) is 13.8 Å². The summed E-state index contributed by atoms with van der Waals surface area (Å²) in [6.45, 7) is 4.12. The highest BCUT2D eigenvalue weighted by atomic mass is 32.1. The highest BCUT2D eigenvalue weighted by Gasteiger charge is 2.17. The molecule has 3 rings (SSSR count). The van der Waals surface area contributed by atoms with Crippen LogP contribution in [0, 0.1) is 13.8 Å². The number of nitrogens with zero attached hydrogens (tertiary/aromatic N) is 4. The lowest BCUT2D eigenvalue weighted by Gasteiger charge is -2.00. The molecule has 2 N–H and O–H groups in total. The van der Waals surface area contributed by atoms with Crippen LogP contribution in [0.1, 0.15) is 10.4 Å². The average Bonchev–Trinajstić information content (AvgIpc) is 2.82. The number of hydrogen-bond donors (Lipinski definition) is 1. The highest BCUT2D eigenvalue weighted by Crippen LogP contribution is 2.36. The monoisotopic (exact) mass is 245 g/mol. The number of fused-ring (bicyclic) bond motifs is 1. The predicted octanol–water partition coefficient (Wildman–Crippen LogP) is 2.05. The molecule has 6 heteroatoms. The first kappa shape index (κ1) is 10.2. The summed E-state index contributed by atoms with van der Waals surface area (Å²) in [6.07, 6.45) is 5.24. The molecule has 0 atom stereocenters. The molecule has 3 aromatic heterocycles. The van der Waals surface area contributed by atoms with Gasteiger partial charge in [0.05, 0.1) is 16.8 Å². The lowest BCUT2D eigenvalue weighted by molar-refractivity contribution is 1.11. The number of rotatable bonds is 1. The lowest BCUT2D eigenvalue weighted by atomic mass is 10.1. The van der Waals surface area contributed by atoms with E-state index in [9.17, 15) is 0 Å². The SMILES string of the molecule is Cc1sc(N)c(-c2nnc3cnccn23)c1C. The third-order valence-corrected chi connectivity index (χ3v) is 3.89. The van der Waals surface area contributed by atoms with E-state index < -0.39 is 0 Å². The number of nitrogens with two attached hydrogens (primary N) is 1. The number of nitrogen functional groups attached to an aromatic ring is 1. The van der Waals surface area contributed by atoms with Gasteiger partial charge in [-0.3, -0.25) is 9.38 Å². The van der Waals surface area contributed by atoms with E-state index in [1.807, 2.05) is 10.6 Å². The summed E-state index contributed by atoms with van der Waals surface area (Å²) in [4.78, 5) is 5.23. The Morgan fingerprint density at radius 3 is 2.82 bits per heavy atom. The smallest absolute Gasteiger partial charge is 0.179 e. The van der Waals surface area contributed by atoms with Crippen molar-refractivity contribution in [3.63, 3.8) is 0 Å². The quantitative estimate of drug-likeness (QED) is 0.712. The molecule has 0 aliphatic heterocycles. The van der Waals surface area contributed by atoms with Crippen LogP contribution < -0.4 is 5.73 Å². The minimum atomic E-state index is 0.727. The second-order valence-electron chi connectivity index (χ2n) is 3.85. The second-order valence-corrected chi connectivity index (χ2v) is 5.11. The zero-order chi connectivity index (χ0) is 12.0. The van der Waals surface area contributed by atoms with Gasteiger partial charge in [-0.05, 0) is 19.4 Å². The number of aryl methyl sites for hydroxylation is 1. The Hall–Kier alpha value is -1.95. The standard InChI is InChI=1S/C11H11N5S/c1-6-7(2)17-10(12)9(6)11-15-14-8-5-13-3-4-16(8)11/h3-5H,12H2,1-2H3. The van der Waals surface area contributed by atoms with Crippen molar-refractivity contribution in [2.24, 2.45) is 0 Å². The Kier molecular flexibility index (Phi) is 2.12. The third-order valence-electron chi connectivity index (χ3n) is 2.85. The molecule has 0 aliphatic carbocycles. The number of hydrogen-bond acceptors (Lipinski definition) is 5. The Morgan fingerprint density at radius 1 is 1.29 bits per heavy atom. The first-order chi connectivity index (χ1) is 8.18. The molecule has 0 fully saturated rings. The molecule has 17 heavy (non-hydrogen) atoms. The molecule has 0 aromatic carbocycles. The Morgan fingerprint density at radius 2 is 2.12 bits per heavy atom. The maximum Gasteiger partial charge on any atom is 0.179 e. The van der Waals surface area contributed by atoms with E-state index in [4.69, 9.17) is 5.73 Å². The number of thiophene rings is 1. The number of aromatic nitrogens is 4. The fraction of sp³-hybridized carbons (Fsp3) is 0.182. The molecule has 0 unspecified atom stereocenters. The third kappa shape index (κ3) is 1.41. The largest absolute Gasteiger partial charge is 0.390 e. The van der Waals surface area contributed by atoms with Crippen LogP contribution in [-0.2, 0) is 0 Å². The zero-order valence-corrected chi connectivity index (χ0v) is 10.3. The summed E-state index contributed by atoms with van der Waals surface area (Å²) in [5.41, 5.74) is 8.92. The molecule has 0 radical (unpaired) electrons. The Balaban J connectivity index is 2.35. The van der Waals surface area contributed by atoms with Crippen molar-refractivity contribution < 1.29 is 0 Å². The molecule has 3 aromatic rings. The van der Waals surface area contributed by atoms with Crippen molar-refractivity contribution in [1.82, 2.24) is 19.6 Å². The topological polar surface area (TPSA) is 69.1 Å². The maximum atomic E-state index is 6.05. The van der Waals surface area contributed by atoms with Crippen molar-refractivity contribution in [2.75, 3.05) is 5.73 Å². The van der Waals surface area contributed by atoms with Gasteiger partial charge in [0.2, 0.25) is 0 Å². The molecule has 0 spiro atoms. The number of anilines is 1. The van der Waals surface area contributed by atoms with Crippen LogP contribution in [0.5, 0.6) is 0 Å². The molecule has 0 aliphatic rings. The van der Waals surface area contributed by atoms with Crippen LogP contribution in [0.25, 0.3) is 17.0 Å². The molecule has 0 saturated heterocycles. The van der Waals surface area contributed by atoms with Gasteiger partial charge in [0.15, 0.2) is 11.5 Å². The van der Waals surface area contributed by atoms with Crippen molar-refractivity contribution in [1.29, 1.82) is 0 Å². The van der Waals surface area contributed by atoms with Crippen LogP contribution in [0.4, 0.5) is 5.00 Å². The van der Waals surface area contributed by atoms with Gasteiger partial charge in [-0.25, -0.2) is 0 Å². The first-order valence-electron chi connectivity index (χ1n) is 5.19. The Bertz CT molecular complexity index is 697. The van der Waals surface area contributed by atoms with Gasteiger partial charge >= 0.3 is 0 Å². The van der Waals surface area contributed by atoms with Crippen LogP contribution in [0.3, 0.4) is 0 Å². The molecular weight excluding hydrogens is 234 g/mol. The van der Waals surface area contributed by atoms with Gasteiger partial charge in [-0.15, -0.1) is 21.5 Å². The van der Waals surface area contributed by atoms with Gasteiger partial charge in [-0.2, -0.15) is 0 Å². The van der Waals surface area contributed by atoms with E-state index in [1.54, 1.807) is 23.7 Å². The highest BCUT2D eigenvalue weighted by molar-refractivity contribution is 7.16. The minimum absolute atomic E-state index is 0.727. The van der Waals surface area contributed by atoms with E-state index in [1.165, 1.54) is 10.4 Å². The second kappa shape index (κ2) is 3.53. The van der Waals surface area contributed by atoms with Crippen LogP contribution in [0.15, 0.2) is 18.6 Å². The summed E-state index contributed by atoms with van der Waals surface area (Å²) in [7, 11) is 0. The molecular formula is C11H11N5S. The zero-order valence-electron chi connectivity index (χ0n) is 9.51. The molecule has 5 nitrogen and oxygen atoms in total. The molecule has 0 saturated carbocycles. The van der Waals surface area contributed by atoms with E-state index in [0.717, 1.165) is 22.0 Å². The summed E-state index contributed by atoms with van der Waals surface area (Å²) >= 11 is 1.58. The lowest BCUT2D eigenvalue weighted by Crippen LogP contribution is -1.93. The van der Waals surface area contributed by atoms with Crippen LogP contribution in [-0.4, -0.2) is 19.6 Å². The van der Waals surface area contributed by atoms with Gasteiger partial charge in [0, 0.05) is 17.3 Å². The molecule has 0 bridgehead atoms. The van der Waals surface area contributed by atoms with Gasteiger partial charge in [0.1, 0.15) is 0 Å². The van der Waals surface area contributed by atoms with Gasteiger partial charge < -0.3 is 5.73 Å². The fourth-order valence-corrected chi connectivity index (χ4v) is 2.79. The van der Waals surface area contributed by atoms with E-state index in [0.29, 0.717) is 0 Å². The van der Waals surface area contributed by atoms with Gasteiger partial charge in [-0.1, -0.05) is 0 Å². The van der Waals surface area contributed by atoms with Crippen molar-refractivity contribution in [3.05, 3.63) is 29.0 Å². The van der Waals surface area contributed by atoms with E-state index in [-0.39, 0.29) is 0 Å². The van der Waals surface area contributed by atoms with E-state index >= 15 is 0 Å². The van der Waals surface area contributed by atoms with E-state index in [2.05, 4.69) is 29.0 Å². The summed E-state index contributed by atoms with van der Waals surface area (Å²) in [5.74, 6) is 0.779. The summed E-state index contributed by atoms with van der Waals surface area (Å²) in [6, 6.07) is 0. The molecule has 3 heterocycles. The molecule has 0 amide bonds. The summed E-state index contributed by atoms with van der Waals surface area (Å²) in [5, 5.41) is 9.07. The molecule has 86 valence electrons. The summed E-state index contributed by atoms with van der Waals surface area (Å²) < 4.78 is 1.90. The predicted molar refractivity (Wildman–Crippen MR) is 68.0 cm³/mol. The minimum Gasteiger partial charge on any atom is -0.390 e. The average molecular weight is 245 g/mol. The Labute approximate surface area is 102 Å².